The molecule has 0 spiro atoms. The molecule has 14 heteroatoms. The first kappa shape index (κ1) is 44.1. The predicted octanol–water partition coefficient (Wildman–Crippen LogP) is 5.18. The number of Topliss-reactive ketones (excluding diaryl/α,β-unsaturated/α-hetero) is 1. The fourth-order valence-corrected chi connectivity index (χ4v) is 10.00. The van der Waals surface area contributed by atoms with Crippen molar-refractivity contribution < 1.29 is 62.9 Å². The Balaban J connectivity index is 1.50. The summed E-state index contributed by atoms with van der Waals surface area (Å²) in [6.07, 6.45) is -10.3. The van der Waals surface area contributed by atoms with Crippen molar-refractivity contribution in [2.45, 2.75) is 129 Å². The SMILES string of the molecule is C=C(C)O[C@@]12COC1CC(OF)[C@@]1(C)C(=O)C(O)C3=C(C)[C@@H](OC(=O)[C@H](O)[C@@H](NC(=O)CC(C)(C)C)c4ccccc4)CC(O)([C@@H](OC(=O)c4ccccc4)C21)C3(C)C. The number of ketones is 1. The van der Waals surface area contributed by atoms with Gasteiger partial charge in [-0.05, 0) is 59.6 Å². The third-order valence-electron chi connectivity index (χ3n) is 13.0. The third-order valence-corrected chi connectivity index (χ3v) is 13.0. The summed E-state index contributed by atoms with van der Waals surface area (Å²) < 4.78 is 39.7. The van der Waals surface area contributed by atoms with Crippen molar-refractivity contribution >= 4 is 23.6 Å². The number of amides is 1. The average molecular weight is 822 g/mol. The van der Waals surface area contributed by atoms with Gasteiger partial charge in [-0.2, -0.15) is 4.94 Å². The van der Waals surface area contributed by atoms with E-state index in [0.717, 1.165) is 0 Å². The largest absolute Gasteiger partial charge is 0.487 e. The number of ether oxygens (including phenoxy) is 4. The molecule has 1 amide bonds. The summed E-state index contributed by atoms with van der Waals surface area (Å²) in [7, 11) is 0. The number of nitrogens with one attached hydrogen (secondary N) is 1. The van der Waals surface area contributed by atoms with Crippen LogP contribution in [-0.2, 0) is 38.3 Å². The van der Waals surface area contributed by atoms with Crippen LogP contribution in [0, 0.1) is 22.2 Å². The molecule has 320 valence electrons. The van der Waals surface area contributed by atoms with Crippen molar-refractivity contribution in [2.75, 3.05) is 6.61 Å². The monoisotopic (exact) mass is 821 g/mol. The average Bonchev–Trinajstić information content (AvgIpc) is 3.16. The fraction of sp³-hybridized carbons (Fsp3) is 0.556. The smallest absolute Gasteiger partial charge is 0.338 e. The minimum Gasteiger partial charge on any atom is -0.487 e. The number of benzene rings is 2. The minimum atomic E-state index is -2.32. The van der Waals surface area contributed by atoms with Gasteiger partial charge in [0.15, 0.2) is 17.5 Å². The summed E-state index contributed by atoms with van der Waals surface area (Å²) in [6, 6.07) is 15.1. The van der Waals surface area contributed by atoms with Crippen molar-refractivity contribution in [1.29, 1.82) is 0 Å². The van der Waals surface area contributed by atoms with E-state index in [2.05, 4.69) is 16.8 Å². The Bertz CT molecular complexity index is 2000. The van der Waals surface area contributed by atoms with Crippen LogP contribution in [0.25, 0.3) is 0 Å². The molecule has 3 fully saturated rings. The van der Waals surface area contributed by atoms with Gasteiger partial charge in [0.1, 0.15) is 36.1 Å². The standard InChI is InChI=1S/C45H56FNO12/c1-24(2)58-44-23-55-30(44)20-29(59-46)43(9)36(44)38(57-39(52)27-18-14-11-15-19-27)45(54)21-28(25(3)32(42(45,7)8)34(49)37(43)51)56-40(53)35(50)33(26-16-12-10-13-17-26)47-31(48)22-41(4,5)6/h10-19,28-30,33-36,38,49-50,54H,1,20-23H2,2-9H3,(H,47,48)/t28-,29?,30?,33-,34?,35+,36?,38-,43+,44-,45?/m0/s1. The molecule has 0 radical (unpaired) electrons. The topological polar surface area (TPSA) is 187 Å². The Kier molecular flexibility index (Phi) is 11.8. The summed E-state index contributed by atoms with van der Waals surface area (Å²) in [5.41, 5.74) is -7.29. The van der Waals surface area contributed by atoms with Crippen LogP contribution in [0.15, 0.2) is 84.1 Å². The Morgan fingerprint density at radius 3 is 2.19 bits per heavy atom. The first-order valence-corrected chi connectivity index (χ1v) is 19.9. The van der Waals surface area contributed by atoms with Gasteiger partial charge in [0.05, 0.1) is 35.3 Å². The van der Waals surface area contributed by atoms with E-state index in [4.69, 9.17) is 18.9 Å². The molecule has 3 aliphatic carbocycles. The second-order valence-electron chi connectivity index (χ2n) is 18.5. The Labute approximate surface area is 343 Å². The van der Waals surface area contributed by atoms with Gasteiger partial charge in [-0.3, -0.25) is 9.59 Å². The number of rotatable bonds is 11. The highest BCUT2D eigenvalue weighted by atomic mass is 19.3. The van der Waals surface area contributed by atoms with E-state index in [0.29, 0.717) is 5.56 Å². The molecule has 1 saturated heterocycles. The van der Waals surface area contributed by atoms with E-state index < -0.39 is 106 Å². The first-order valence-electron chi connectivity index (χ1n) is 19.9. The van der Waals surface area contributed by atoms with Crippen LogP contribution in [0.2, 0.25) is 0 Å². The van der Waals surface area contributed by atoms with Gasteiger partial charge < -0.3 is 39.6 Å². The normalized spacial score (nSPS) is 33.4. The minimum absolute atomic E-state index is 0.0541. The maximum absolute atomic E-state index is 15.1. The zero-order valence-electron chi connectivity index (χ0n) is 34.8. The van der Waals surface area contributed by atoms with Crippen molar-refractivity contribution in [3.05, 3.63) is 95.3 Å². The van der Waals surface area contributed by atoms with Gasteiger partial charge >= 0.3 is 11.9 Å². The lowest BCUT2D eigenvalue weighted by molar-refractivity contribution is -0.367. The molecule has 2 bridgehead atoms. The second-order valence-corrected chi connectivity index (χ2v) is 18.5. The van der Waals surface area contributed by atoms with E-state index in [1.165, 1.54) is 26.0 Å². The molecule has 59 heavy (non-hydrogen) atoms. The van der Waals surface area contributed by atoms with Gasteiger partial charge in [0.25, 0.3) is 0 Å². The van der Waals surface area contributed by atoms with Crippen molar-refractivity contribution in [3.8, 4) is 0 Å². The zero-order chi connectivity index (χ0) is 43.5. The van der Waals surface area contributed by atoms with E-state index >= 15 is 4.79 Å². The number of carbonyl (C=O) groups is 4. The van der Waals surface area contributed by atoms with Crippen LogP contribution >= 0.6 is 0 Å². The van der Waals surface area contributed by atoms with Gasteiger partial charge in [0, 0.05) is 24.7 Å². The maximum Gasteiger partial charge on any atom is 0.338 e. The number of esters is 2. The Morgan fingerprint density at radius 1 is 1.03 bits per heavy atom. The molecule has 1 heterocycles. The van der Waals surface area contributed by atoms with Crippen molar-refractivity contribution in [1.82, 2.24) is 5.32 Å². The molecular formula is C45H56FNO12. The number of halogens is 1. The van der Waals surface area contributed by atoms with Crippen LogP contribution in [0.5, 0.6) is 0 Å². The van der Waals surface area contributed by atoms with Crippen LogP contribution in [-0.4, -0.2) is 93.4 Å². The summed E-state index contributed by atoms with van der Waals surface area (Å²) in [6.45, 7) is 17.0. The zero-order valence-corrected chi connectivity index (χ0v) is 34.8. The highest BCUT2D eigenvalue weighted by Crippen LogP contribution is 2.65. The van der Waals surface area contributed by atoms with E-state index in [1.54, 1.807) is 69.3 Å². The Morgan fingerprint density at radius 2 is 1.64 bits per heavy atom. The second kappa shape index (κ2) is 15.9. The molecule has 0 aromatic heterocycles. The number of hydrogen-bond donors (Lipinski definition) is 4. The lowest BCUT2D eigenvalue weighted by atomic mass is 9.44. The van der Waals surface area contributed by atoms with Crippen molar-refractivity contribution in [2.24, 2.45) is 22.2 Å². The van der Waals surface area contributed by atoms with E-state index in [-0.39, 0.29) is 41.9 Å². The van der Waals surface area contributed by atoms with Crippen LogP contribution in [0.4, 0.5) is 4.53 Å². The summed E-state index contributed by atoms with van der Waals surface area (Å²) >= 11 is 0. The number of carbonyl (C=O) groups excluding carboxylic acids is 4. The molecular weight excluding hydrogens is 765 g/mol. The molecule has 11 atom stereocenters. The fourth-order valence-electron chi connectivity index (χ4n) is 10.00. The highest BCUT2D eigenvalue weighted by Gasteiger charge is 2.78. The molecule has 6 rings (SSSR count). The van der Waals surface area contributed by atoms with Crippen LogP contribution in [0.3, 0.4) is 0 Å². The maximum atomic E-state index is 15.1. The van der Waals surface area contributed by atoms with E-state index in [1.807, 2.05) is 20.8 Å². The number of hydrogen-bond acceptors (Lipinski definition) is 12. The van der Waals surface area contributed by atoms with Gasteiger partial charge in [-0.1, -0.05) is 89.7 Å². The molecule has 4 aliphatic rings. The molecule has 4 N–H and O–H groups in total. The van der Waals surface area contributed by atoms with Crippen LogP contribution < -0.4 is 5.32 Å². The number of fused-ring (bicyclic) bond motifs is 5. The Hall–Kier alpha value is -4.47. The van der Waals surface area contributed by atoms with Gasteiger partial charge in [-0.25, -0.2) is 9.59 Å². The molecule has 1 aliphatic heterocycles. The lowest BCUT2D eigenvalue weighted by Crippen LogP contribution is -2.81. The lowest BCUT2D eigenvalue weighted by Gasteiger charge is -2.67. The summed E-state index contributed by atoms with van der Waals surface area (Å²) in [5.74, 6) is -4.68. The van der Waals surface area contributed by atoms with Gasteiger partial charge in [0.2, 0.25) is 5.91 Å². The number of aliphatic hydroxyl groups is 3. The molecule has 13 nitrogen and oxygen atoms in total. The third kappa shape index (κ3) is 7.51. The van der Waals surface area contributed by atoms with Crippen LogP contribution in [0.1, 0.15) is 96.6 Å². The molecule has 2 aromatic rings. The predicted molar refractivity (Wildman–Crippen MR) is 211 cm³/mol. The van der Waals surface area contributed by atoms with E-state index in [9.17, 15) is 34.2 Å². The quantitative estimate of drug-likeness (QED) is 0.132. The highest BCUT2D eigenvalue weighted by molar-refractivity contribution is 5.94. The van der Waals surface area contributed by atoms with Gasteiger partial charge in [-0.15, -0.1) is 0 Å². The number of allylic oxidation sites excluding steroid dienone is 1. The molecule has 2 saturated carbocycles. The first-order chi connectivity index (χ1) is 27.5. The molecule has 2 aromatic carbocycles. The van der Waals surface area contributed by atoms with Crippen molar-refractivity contribution in [3.63, 3.8) is 0 Å². The summed E-state index contributed by atoms with van der Waals surface area (Å²) in [4.78, 5) is 61.1. The summed E-state index contributed by atoms with van der Waals surface area (Å²) in [5, 5.41) is 40.2. The molecule has 5 unspecified atom stereocenters. The number of aliphatic hydroxyl groups excluding tert-OH is 2.